The fraction of sp³-hybridized carbons (Fsp3) is 0.211. The van der Waals surface area contributed by atoms with E-state index in [4.69, 9.17) is 0 Å². The van der Waals surface area contributed by atoms with Gasteiger partial charge in [-0.2, -0.15) is 5.10 Å². The Morgan fingerprint density at radius 1 is 1.32 bits per heavy atom. The van der Waals surface area contributed by atoms with E-state index in [9.17, 15) is 9.59 Å². The van der Waals surface area contributed by atoms with Crippen molar-refractivity contribution >= 4 is 33.6 Å². The zero-order chi connectivity index (χ0) is 17.6. The first-order valence-corrected chi connectivity index (χ1v) is 8.90. The summed E-state index contributed by atoms with van der Waals surface area (Å²) in [4.78, 5) is 26.2. The van der Waals surface area contributed by atoms with Crippen LogP contribution in [0.15, 0.2) is 47.1 Å². The molecule has 0 bridgehead atoms. The van der Waals surface area contributed by atoms with E-state index in [0.717, 1.165) is 17.2 Å². The fourth-order valence-corrected chi connectivity index (χ4v) is 3.92. The average Bonchev–Trinajstić information content (AvgIpc) is 3.05. The van der Waals surface area contributed by atoms with Crippen molar-refractivity contribution in [1.29, 1.82) is 0 Å². The second-order valence-corrected chi connectivity index (χ2v) is 7.13. The normalized spacial score (nSPS) is 16.7. The van der Waals surface area contributed by atoms with Crippen LogP contribution in [0.3, 0.4) is 0 Å². The number of carbonyl (C=O) groups excluding carboxylic acids is 2. The number of nitrogens with zero attached hydrogens (tertiary/aromatic N) is 3. The van der Waals surface area contributed by atoms with Crippen LogP contribution in [0.4, 0.5) is 0 Å². The van der Waals surface area contributed by atoms with Gasteiger partial charge in [0.05, 0.1) is 11.6 Å². The van der Waals surface area contributed by atoms with Crippen LogP contribution in [0.25, 0.3) is 5.52 Å². The highest BCUT2D eigenvalue weighted by Crippen LogP contribution is 2.30. The molecular formula is C19H16BrN3O2. The van der Waals surface area contributed by atoms with E-state index in [1.807, 2.05) is 24.0 Å². The molecule has 0 unspecified atom stereocenters. The van der Waals surface area contributed by atoms with Crippen molar-refractivity contribution in [3.8, 4) is 0 Å². The molecule has 1 aliphatic rings. The molecule has 1 amide bonds. The third kappa shape index (κ3) is 2.66. The lowest BCUT2D eigenvalue weighted by Crippen LogP contribution is -2.39. The summed E-state index contributed by atoms with van der Waals surface area (Å²) in [5.74, 6) is -0.112. The number of aldehydes is 1. The third-order valence-corrected chi connectivity index (χ3v) is 5.21. The Balaban J connectivity index is 1.72. The van der Waals surface area contributed by atoms with Crippen molar-refractivity contribution in [2.24, 2.45) is 0 Å². The number of amides is 1. The zero-order valence-electron chi connectivity index (χ0n) is 13.6. The molecule has 0 N–H and O–H groups in total. The van der Waals surface area contributed by atoms with Crippen LogP contribution in [-0.2, 0) is 6.42 Å². The molecule has 126 valence electrons. The predicted molar refractivity (Wildman–Crippen MR) is 97.9 cm³/mol. The highest BCUT2D eigenvalue weighted by molar-refractivity contribution is 9.10. The number of carbonyl (C=O) groups is 2. The summed E-state index contributed by atoms with van der Waals surface area (Å²) >= 11 is 3.36. The van der Waals surface area contributed by atoms with Gasteiger partial charge in [0.2, 0.25) is 0 Å². The molecule has 0 fully saturated rings. The molecule has 3 aromatic rings. The molecule has 1 aromatic carbocycles. The molecule has 25 heavy (non-hydrogen) atoms. The lowest BCUT2D eigenvalue weighted by molar-refractivity contribution is 0.0671. The molecule has 1 atom stereocenters. The van der Waals surface area contributed by atoms with Crippen LogP contribution in [0, 0.1) is 0 Å². The number of aromatic nitrogens is 2. The van der Waals surface area contributed by atoms with Crippen LogP contribution in [0.2, 0.25) is 0 Å². The smallest absolute Gasteiger partial charge is 0.274 e. The Morgan fingerprint density at radius 2 is 2.12 bits per heavy atom. The predicted octanol–water partition coefficient (Wildman–Crippen LogP) is 3.67. The van der Waals surface area contributed by atoms with E-state index in [-0.39, 0.29) is 11.9 Å². The third-order valence-electron chi connectivity index (χ3n) is 4.77. The van der Waals surface area contributed by atoms with E-state index in [1.165, 1.54) is 11.1 Å². The summed E-state index contributed by atoms with van der Waals surface area (Å²) in [6.07, 6.45) is 3.36. The Kier molecular flexibility index (Phi) is 3.92. The maximum Gasteiger partial charge on any atom is 0.274 e. The minimum atomic E-state index is -0.112. The first-order chi connectivity index (χ1) is 12.1. The Hall–Kier alpha value is -2.47. The van der Waals surface area contributed by atoms with E-state index in [0.29, 0.717) is 23.3 Å². The van der Waals surface area contributed by atoms with Crippen LogP contribution in [0.5, 0.6) is 0 Å². The van der Waals surface area contributed by atoms with Gasteiger partial charge in [0.1, 0.15) is 0 Å². The van der Waals surface area contributed by atoms with Crippen LogP contribution in [0.1, 0.15) is 44.9 Å². The van der Waals surface area contributed by atoms with Crippen molar-refractivity contribution in [2.45, 2.75) is 19.4 Å². The molecule has 4 rings (SSSR count). The topological polar surface area (TPSA) is 54.7 Å². The van der Waals surface area contributed by atoms with E-state index in [1.54, 1.807) is 22.8 Å². The monoisotopic (exact) mass is 397 g/mol. The maximum atomic E-state index is 13.0. The molecule has 0 aliphatic carbocycles. The molecule has 1 aliphatic heterocycles. The highest BCUT2D eigenvalue weighted by atomic mass is 79.9. The van der Waals surface area contributed by atoms with Crippen molar-refractivity contribution in [3.05, 3.63) is 69.5 Å². The SMILES string of the molecule is C[C@@H]1c2ccccc2CCN1C(=O)c1cc2c(C=O)cc(Br)cn2n1. The van der Waals surface area contributed by atoms with Crippen molar-refractivity contribution in [1.82, 2.24) is 14.5 Å². The summed E-state index contributed by atoms with van der Waals surface area (Å²) in [6, 6.07) is 11.6. The first-order valence-electron chi connectivity index (χ1n) is 8.11. The van der Waals surface area contributed by atoms with Gasteiger partial charge in [0, 0.05) is 22.8 Å². The maximum absolute atomic E-state index is 13.0. The largest absolute Gasteiger partial charge is 0.330 e. The quantitative estimate of drug-likeness (QED) is 0.619. The lowest BCUT2D eigenvalue weighted by Gasteiger charge is -2.34. The van der Waals surface area contributed by atoms with Crippen molar-refractivity contribution in [2.75, 3.05) is 6.54 Å². The number of fused-ring (bicyclic) bond motifs is 2. The summed E-state index contributed by atoms with van der Waals surface area (Å²) in [5.41, 5.74) is 3.96. The van der Waals surface area contributed by atoms with Gasteiger partial charge in [0.15, 0.2) is 12.0 Å². The van der Waals surface area contributed by atoms with E-state index in [2.05, 4.69) is 33.2 Å². The Bertz CT molecular complexity index is 995. The molecule has 5 nitrogen and oxygen atoms in total. The van der Waals surface area contributed by atoms with Gasteiger partial charge in [0.25, 0.3) is 5.91 Å². The second kappa shape index (κ2) is 6.11. The summed E-state index contributed by atoms with van der Waals surface area (Å²) in [5, 5.41) is 4.38. The minimum Gasteiger partial charge on any atom is -0.330 e. The molecule has 3 heterocycles. The number of benzene rings is 1. The summed E-state index contributed by atoms with van der Waals surface area (Å²) in [6.45, 7) is 2.70. The zero-order valence-corrected chi connectivity index (χ0v) is 15.2. The molecule has 6 heteroatoms. The number of hydrogen-bond acceptors (Lipinski definition) is 3. The van der Waals surface area contributed by atoms with Gasteiger partial charge in [-0.3, -0.25) is 9.59 Å². The van der Waals surface area contributed by atoms with Gasteiger partial charge in [-0.25, -0.2) is 4.52 Å². The van der Waals surface area contributed by atoms with Gasteiger partial charge < -0.3 is 4.90 Å². The number of rotatable bonds is 2. The van der Waals surface area contributed by atoms with Crippen molar-refractivity contribution in [3.63, 3.8) is 0 Å². The second-order valence-electron chi connectivity index (χ2n) is 6.21. The standard InChI is InChI=1S/C19H16BrN3O2/c1-12-16-5-3-2-4-13(16)6-7-22(12)19(25)17-9-18-14(11-24)8-15(20)10-23(18)21-17/h2-5,8-12H,6-7H2,1H3/t12-/m1/s1. The van der Waals surface area contributed by atoms with Crippen LogP contribution in [-0.4, -0.2) is 33.3 Å². The van der Waals surface area contributed by atoms with Gasteiger partial charge in [-0.1, -0.05) is 24.3 Å². The lowest BCUT2D eigenvalue weighted by atomic mass is 9.93. The Morgan fingerprint density at radius 3 is 2.92 bits per heavy atom. The summed E-state index contributed by atoms with van der Waals surface area (Å²) < 4.78 is 2.31. The Labute approximate surface area is 153 Å². The van der Waals surface area contributed by atoms with Gasteiger partial charge in [-0.05, 0) is 52.5 Å². The molecule has 0 radical (unpaired) electrons. The number of hydrogen-bond donors (Lipinski definition) is 0. The van der Waals surface area contributed by atoms with Crippen LogP contribution >= 0.6 is 15.9 Å². The van der Waals surface area contributed by atoms with E-state index < -0.39 is 0 Å². The number of pyridine rings is 1. The van der Waals surface area contributed by atoms with Crippen LogP contribution < -0.4 is 0 Å². The van der Waals surface area contributed by atoms with Gasteiger partial charge in [-0.15, -0.1) is 0 Å². The minimum absolute atomic E-state index is 0.000426. The first kappa shape index (κ1) is 16.0. The highest BCUT2D eigenvalue weighted by Gasteiger charge is 2.29. The summed E-state index contributed by atoms with van der Waals surface area (Å²) in [7, 11) is 0. The number of halogens is 1. The molecule has 0 saturated heterocycles. The molecule has 2 aromatic heterocycles. The molecular weight excluding hydrogens is 382 g/mol. The van der Waals surface area contributed by atoms with E-state index >= 15 is 0 Å². The average molecular weight is 398 g/mol. The van der Waals surface area contributed by atoms with Crippen molar-refractivity contribution < 1.29 is 9.59 Å². The molecule has 0 spiro atoms. The molecule has 0 saturated carbocycles. The van der Waals surface area contributed by atoms with Gasteiger partial charge >= 0.3 is 0 Å². The fourth-order valence-electron chi connectivity index (χ4n) is 3.48.